The standard InChI is InChI=1S/C15H15N/c1-10-3-5-13-12(7-10)9-16-15-8-11(2)4-6-14(13)15/h3-8,16H,9H2,1-2H3. The molecular weight excluding hydrogens is 194 g/mol. The number of nitrogens with one attached hydrogen (secondary N) is 1. The molecule has 0 aromatic heterocycles. The molecule has 1 aliphatic heterocycles. The molecule has 0 fully saturated rings. The zero-order valence-corrected chi connectivity index (χ0v) is 9.67. The van der Waals surface area contributed by atoms with Gasteiger partial charge < -0.3 is 5.32 Å². The van der Waals surface area contributed by atoms with Gasteiger partial charge in [0.1, 0.15) is 0 Å². The molecule has 0 spiro atoms. The Morgan fingerprint density at radius 2 is 1.56 bits per heavy atom. The maximum absolute atomic E-state index is 3.49. The molecular formula is C15H15N. The molecule has 0 saturated heterocycles. The van der Waals surface area contributed by atoms with Crippen molar-refractivity contribution in [3.05, 3.63) is 53.1 Å². The van der Waals surface area contributed by atoms with Crippen molar-refractivity contribution in [1.82, 2.24) is 0 Å². The molecule has 1 aliphatic rings. The summed E-state index contributed by atoms with van der Waals surface area (Å²) in [6.07, 6.45) is 0. The van der Waals surface area contributed by atoms with E-state index in [-0.39, 0.29) is 0 Å². The molecule has 0 saturated carbocycles. The van der Waals surface area contributed by atoms with E-state index in [0.717, 1.165) is 6.54 Å². The fourth-order valence-electron chi connectivity index (χ4n) is 2.36. The van der Waals surface area contributed by atoms with Crippen LogP contribution >= 0.6 is 0 Å². The first-order valence-corrected chi connectivity index (χ1v) is 5.68. The molecule has 80 valence electrons. The Kier molecular flexibility index (Phi) is 2.00. The Hall–Kier alpha value is -1.76. The van der Waals surface area contributed by atoms with Gasteiger partial charge in [-0.2, -0.15) is 0 Å². The molecule has 0 atom stereocenters. The van der Waals surface area contributed by atoms with Crippen molar-refractivity contribution in [2.45, 2.75) is 20.4 Å². The van der Waals surface area contributed by atoms with Crippen molar-refractivity contribution in [2.24, 2.45) is 0 Å². The van der Waals surface area contributed by atoms with Gasteiger partial charge >= 0.3 is 0 Å². The van der Waals surface area contributed by atoms with Crippen LogP contribution in [0.25, 0.3) is 11.1 Å². The Balaban J connectivity index is 2.23. The number of hydrogen-bond donors (Lipinski definition) is 1. The lowest BCUT2D eigenvalue weighted by atomic mass is 9.92. The summed E-state index contributed by atoms with van der Waals surface area (Å²) in [7, 11) is 0. The highest BCUT2D eigenvalue weighted by atomic mass is 14.9. The van der Waals surface area contributed by atoms with E-state index in [0.29, 0.717) is 0 Å². The summed E-state index contributed by atoms with van der Waals surface area (Å²) in [5.41, 5.74) is 8.00. The molecule has 1 heterocycles. The summed E-state index contributed by atoms with van der Waals surface area (Å²) in [5, 5.41) is 3.49. The van der Waals surface area contributed by atoms with Crippen LogP contribution in [0.5, 0.6) is 0 Å². The van der Waals surface area contributed by atoms with Crippen molar-refractivity contribution in [1.29, 1.82) is 0 Å². The maximum Gasteiger partial charge on any atom is 0.0425 e. The predicted molar refractivity (Wildman–Crippen MR) is 68.7 cm³/mol. The highest BCUT2D eigenvalue weighted by molar-refractivity contribution is 5.83. The molecule has 0 radical (unpaired) electrons. The zero-order valence-electron chi connectivity index (χ0n) is 9.67. The van der Waals surface area contributed by atoms with Gasteiger partial charge in [-0.15, -0.1) is 0 Å². The van der Waals surface area contributed by atoms with Gasteiger partial charge in [0.2, 0.25) is 0 Å². The fraction of sp³-hybridized carbons (Fsp3) is 0.200. The third-order valence-corrected chi connectivity index (χ3v) is 3.20. The number of aryl methyl sites for hydroxylation is 2. The van der Waals surface area contributed by atoms with Crippen LogP contribution in [-0.2, 0) is 6.54 Å². The van der Waals surface area contributed by atoms with E-state index in [1.54, 1.807) is 0 Å². The average Bonchev–Trinajstić information content (AvgIpc) is 2.28. The number of rotatable bonds is 0. The average molecular weight is 209 g/mol. The molecule has 0 bridgehead atoms. The van der Waals surface area contributed by atoms with Crippen LogP contribution in [0.15, 0.2) is 36.4 Å². The number of benzene rings is 2. The normalized spacial score (nSPS) is 12.6. The first kappa shape index (κ1) is 9.46. The second-order valence-electron chi connectivity index (χ2n) is 4.56. The van der Waals surface area contributed by atoms with Crippen LogP contribution in [0.3, 0.4) is 0 Å². The van der Waals surface area contributed by atoms with Gasteiger partial charge in [-0.3, -0.25) is 0 Å². The molecule has 1 nitrogen and oxygen atoms in total. The Bertz CT molecular complexity index is 504. The van der Waals surface area contributed by atoms with Gasteiger partial charge in [0.25, 0.3) is 0 Å². The Labute approximate surface area is 96.1 Å². The van der Waals surface area contributed by atoms with E-state index in [9.17, 15) is 0 Å². The second kappa shape index (κ2) is 3.38. The molecule has 1 N–H and O–H groups in total. The van der Waals surface area contributed by atoms with Crippen molar-refractivity contribution >= 4 is 5.69 Å². The van der Waals surface area contributed by atoms with Crippen LogP contribution in [-0.4, -0.2) is 0 Å². The number of fused-ring (bicyclic) bond motifs is 3. The van der Waals surface area contributed by atoms with Crippen LogP contribution < -0.4 is 5.32 Å². The summed E-state index contributed by atoms with van der Waals surface area (Å²) in [6.45, 7) is 5.21. The maximum atomic E-state index is 3.49. The predicted octanol–water partition coefficient (Wildman–Crippen LogP) is 3.90. The number of hydrogen-bond acceptors (Lipinski definition) is 1. The Morgan fingerprint density at radius 3 is 2.38 bits per heavy atom. The van der Waals surface area contributed by atoms with Gasteiger partial charge in [-0.05, 0) is 36.6 Å². The molecule has 2 aromatic rings. The van der Waals surface area contributed by atoms with Crippen molar-refractivity contribution < 1.29 is 0 Å². The van der Waals surface area contributed by atoms with E-state index in [2.05, 4.69) is 55.6 Å². The van der Waals surface area contributed by atoms with Gasteiger partial charge in [0, 0.05) is 17.8 Å². The van der Waals surface area contributed by atoms with Crippen LogP contribution in [0.4, 0.5) is 5.69 Å². The van der Waals surface area contributed by atoms with Crippen molar-refractivity contribution in [3.8, 4) is 11.1 Å². The van der Waals surface area contributed by atoms with Crippen molar-refractivity contribution in [3.63, 3.8) is 0 Å². The summed E-state index contributed by atoms with van der Waals surface area (Å²) < 4.78 is 0. The first-order valence-electron chi connectivity index (χ1n) is 5.68. The lowest BCUT2D eigenvalue weighted by Crippen LogP contribution is -2.08. The van der Waals surface area contributed by atoms with Gasteiger partial charge in [0.15, 0.2) is 0 Å². The van der Waals surface area contributed by atoms with Crippen LogP contribution in [0, 0.1) is 13.8 Å². The summed E-state index contributed by atoms with van der Waals surface area (Å²) in [4.78, 5) is 0. The molecule has 16 heavy (non-hydrogen) atoms. The summed E-state index contributed by atoms with van der Waals surface area (Å²) >= 11 is 0. The molecule has 1 heteroatoms. The third kappa shape index (κ3) is 1.40. The summed E-state index contributed by atoms with van der Waals surface area (Å²) in [5.74, 6) is 0. The molecule has 2 aromatic carbocycles. The minimum absolute atomic E-state index is 0.938. The third-order valence-electron chi connectivity index (χ3n) is 3.20. The Morgan fingerprint density at radius 1 is 0.875 bits per heavy atom. The minimum atomic E-state index is 0.938. The molecule has 0 unspecified atom stereocenters. The van der Waals surface area contributed by atoms with E-state index < -0.39 is 0 Å². The van der Waals surface area contributed by atoms with Gasteiger partial charge in [0.05, 0.1) is 0 Å². The van der Waals surface area contributed by atoms with E-state index in [1.165, 1.54) is 33.5 Å². The zero-order chi connectivity index (χ0) is 11.1. The fourth-order valence-corrected chi connectivity index (χ4v) is 2.36. The molecule has 3 rings (SSSR count). The monoisotopic (exact) mass is 209 g/mol. The van der Waals surface area contributed by atoms with Gasteiger partial charge in [-0.25, -0.2) is 0 Å². The molecule has 0 amide bonds. The van der Waals surface area contributed by atoms with E-state index in [1.807, 2.05) is 0 Å². The second-order valence-corrected chi connectivity index (χ2v) is 4.56. The largest absolute Gasteiger partial charge is 0.380 e. The van der Waals surface area contributed by atoms with Gasteiger partial charge in [-0.1, -0.05) is 35.9 Å². The van der Waals surface area contributed by atoms with Crippen LogP contribution in [0.1, 0.15) is 16.7 Å². The SMILES string of the molecule is Cc1ccc2c(c1)CNc1cc(C)ccc1-2. The topological polar surface area (TPSA) is 12.0 Å². The van der Waals surface area contributed by atoms with Crippen molar-refractivity contribution in [2.75, 3.05) is 5.32 Å². The smallest absolute Gasteiger partial charge is 0.0425 e. The van der Waals surface area contributed by atoms with Crippen LogP contribution in [0.2, 0.25) is 0 Å². The molecule has 0 aliphatic carbocycles. The number of anilines is 1. The van der Waals surface area contributed by atoms with E-state index >= 15 is 0 Å². The summed E-state index contributed by atoms with van der Waals surface area (Å²) in [6, 6.07) is 13.3. The minimum Gasteiger partial charge on any atom is -0.380 e. The highest BCUT2D eigenvalue weighted by Crippen LogP contribution is 2.36. The lowest BCUT2D eigenvalue weighted by Gasteiger charge is -2.22. The first-order chi connectivity index (χ1) is 7.74. The lowest BCUT2D eigenvalue weighted by molar-refractivity contribution is 1.12. The van der Waals surface area contributed by atoms with E-state index in [4.69, 9.17) is 0 Å². The highest BCUT2D eigenvalue weighted by Gasteiger charge is 2.14. The quantitative estimate of drug-likeness (QED) is 0.694.